The number of carbonyl (C=O) groups is 1. The summed E-state index contributed by atoms with van der Waals surface area (Å²) in [5.74, 6) is 0.0137. The van der Waals surface area contributed by atoms with Crippen LogP contribution in [-0.4, -0.2) is 35.4 Å². The molecule has 0 aliphatic heterocycles. The highest BCUT2D eigenvalue weighted by atomic mass is 16.2. The Morgan fingerprint density at radius 3 is 2.69 bits per heavy atom. The SMILES string of the molecule is CCCN(CCN)C(=O)c1ccc(C)nc1. The molecule has 0 spiro atoms. The van der Waals surface area contributed by atoms with Crippen molar-refractivity contribution in [3.8, 4) is 0 Å². The van der Waals surface area contributed by atoms with Crippen molar-refractivity contribution in [2.75, 3.05) is 19.6 Å². The minimum absolute atomic E-state index is 0.0137. The lowest BCUT2D eigenvalue weighted by Gasteiger charge is -2.21. The number of aryl methyl sites for hydroxylation is 1. The van der Waals surface area contributed by atoms with Crippen molar-refractivity contribution in [2.24, 2.45) is 5.73 Å². The van der Waals surface area contributed by atoms with Crippen molar-refractivity contribution in [1.29, 1.82) is 0 Å². The molecule has 1 aromatic heterocycles. The fraction of sp³-hybridized carbons (Fsp3) is 0.500. The molecule has 4 heteroatoms. The number of amides is 1. The van der Waals surface area contributed by atoms with E-state index >= 15 is 0 Å². The van der Waals surface area contributed by atoms with Crippen molar-refractivity contribution in [3.63, 3.8) is 0 Å². The lowest BCUT2D eigenvalue weighted by Crippen LogP contribution is -2.36. The van der Waals surface area contributed by atoms with Crippen LogP contribution >= 0.6 is 0 Å². The molecule has 1 amide bonds. The van der Waals surface area contributed by atoms with E-state index in [-0.39, 0.29) is 5.91 Å². The molecule has 88 valence electrons. The molecule has 0 aromatic carbocycles. The van der Waals surface area contributed by atoms with Gasteiger partial charge in [0.05, 0.1) is 5.56 Å². The Balaban J connectivity index is 2.77. The minimum atomic E-state index is 0.0137. The summed E-state index contributed by atoms with van der Waals surface area (Å²) in [6.45, 7) is 5.78. The maximum atomic E-state index is 12.1. The van der Waals surface area contributed by atoms with Crippen LogP contribution in [0.2, 0.25) is 0 Å². The van der Waals surface area contributed by atoms with Crippen LogP contribution in [0.3, 0.4) is 0 Å². The monoisotopic (exact) mass is 221 g/mol. The van der Waals surface area contributed by atoms with E-state index in [9.17, 15) is 4.79 Å². The minimum Gasteiger partial charge on any atom is -0.337 e. The number of nitrogens with two attached hydrogens (primary N) is 1. The van der Waals surface area contributed by atoms with Crippen molar-refractivity contribution < 1.29 is 4.79 Å². The Morgan fingerprint density at radius 1 is 1.44 bits per heavy atom. The Bertz CT molecular complexity index is 329. The maximum absolute atomic E-state index is 12.1. The molecule has 0 fully saturated rings. The van der Waals surface area contributed by atoms with E-state index in [0.717, 1.165) is 18.7 Å². The van der Waals surface area contributed by atoms with Crippen molar-refractivity contribution >= 4 is 5.91 Å². The van der Waals surface area contributed by atoms with Gasteiger partial charge in [-0.25, -0.2) is 0 Å². The van der Waals surface area contributed by atoms with E-state index in [2.05, 4.69) is 4.98 Å². The lowest BCUT2D eigenvalue weighted by atomic mass is 10.2. The first-order valence-electron chi connectivity index (χ1n) is 5.61. The van der Waals surface area contributed by atoms with Gasteiger partial charge in [-0.1, -0.05) is 6.92 Å². The number of hydrogen-bond donors (Lipinski definition) is 1. The Labute approximate surface area is 96.5 Å². The molecule has 16 heavy (non-hydrogen) atoms. The zero-order valence-corrected chi connectivity index (χ0v) is 9.94. The molecule has 1 rings (SSSR count). The molecule has 2 N–H and O–H groups in total. The van der Waals surface area contributed by atoms with E-state index in [0.29, 0.717) is 18.7 Å². The highest BCUT2D eigenvalue weighted by Crippen LogP contribution is 2.05. The molecule has 0 unspecified atom stereocenters. The topological polar surface area (TPSA) is 59.2 Å². The predicted octanol–water partition coefficient (Wildman–Crippen LogP) is 1.20. The van der Waals surface area contributed by atoms with Gasteiger partial charge < -0.3 is 10.6 Å². The van der Waals surface area contributed by atoms with Crippen LogP contribution in [-0.2, 0) is 0 Å². The summed E-state index contributed by atoms with van der Waals surface area (Å²) in [5, 5.41) is 0. The number of hydrogen-bond acceptors (Lipinski definition) is 3. The van der Waals surface area contributed by atoms with E-state index in [1.54, 1.807) is 11.1 Å². The second-order valence-electron chi connectivity index (χ2n) is 3.77. The summed E-state index contributed by atoms with van der Waals surface area (Å²) in [6.07, 6.45) is 2.56. The van der Waals surface area contributed by atoms with Crippen LogP contribution in [0.25, 0.3) is 0 Å². The highest BCUT2D eigenvalue weighted by Gasteiger charge is 2.13. The summed E-state index contributed by atoms with van der Waals surface area (Å²) in [5.41, 5.74) is 7.04. The van der Waals surface area contributed by atoms with Crippen LogP contribution < -0.4 is 5.73 Å². The zero-order valence-electron chi connectivity index (χ0n) is 9.94. The summed E-state index contributed by atoms with van der Waals surface area (Å²) in [4.78, 5) is 18.0. The van der Waals surface area contributed by atoms with Crippen LogP contribution in [0, 0.1) is 6.92 Å². The molecule has 4 nitrogen and oxygen atoms in total. The number of rotatable bonds is 5. The summed E-state index contributed by atoms with van der Waals surface area (Å²) in [7, 11) is 0. The van der Waals surface area contributed by atoms with Gasteiger partial charge in [-0.3, -0.25) is 9.78 Å². The average molecular weight is 221 g/mol. The van der Waals surface area contributed by atoms with Gasteiger partial charge in [0, 0.05) is 31.5 Å². The fourth-order valence-corrected chi connectivity index (χ4v) is 1.52. The van der Waals surface area contributed by atoms with Gasteiger partial charge >= 0.3 is 0 Å². The van der Waals surface area contributed by atoms with E-state index in [1.165, 1.54) is 0 Å². The first kappa shape index (κ1) is 12.6. The molecular formula is C12H19N3O. The Hall–Kier alpha value is -1.42. The normalized spacial score (nSPS) is 10.2. The molecular weight excluding hydrogens is 202 g/mol. The molecule has 0 atom stereocenters. The molecule has 0 aliphatic rings. The van der Waals surface area contributed by atoms with Crippen LogP contribution in [0.1, 0.15) is 29.4 Å². The highest BCUT2D eigenvalue weighted by molar-refractivity contribution is 5.93. The van der Waals surface area contributed by atoms with E-state index < -0.39 is 0 Å². The third-order valence-corrected chi connectivity index (χ3v) is 2.34. The number of carbonyl (C=O) groups excluding carboxylic acids is 1. The van der Waals surface area contributed by atoms with Crippen molar-refractivity contribution in [1.82, 2.24) is 9.88 Å². The Morgan fingerprint density at radius 2 is 2.19 bits per heavy atom. The van der Waals surface area contributed by atoms with Gasteiger partial charge in [0.1, 0.15) is 0 Å². The maximum Gasteiger partial charge on any atom is 0.255 e. The van der Waals surface area contributed by atoms with E-state index in [4.69, 9.17) is 5.73 Å². The molecule has 0 radical (unpaired) electrons. The van der Waals surface area contributed by atoms with Crippen molar-refractivity contribution in [3.05, 3.63) is 29.6 Å². The lowest BCUT2D eigenvalue weighted by molar-refractivity contribution is 0.0760. The first-order valence-corrected chi connectivity index (χ1v) is 5.61. The average Bonchev–Trinajstić information content (AvgIpc) is 2.29. The number of nitrogens with zero attached hydrogens (tertiary/aromatic N) is 2. The van der Waals surface area contributed by atoms with Crippen LogP contribution in [0.5, 0.6) is 0 Å². The van der Waals surface area contributed by atoms with Gasteiger partial charge in [0.25, 0.3) is 5.91 Å². The molecule has 0 saturated heterocycles. The second-order valence-corrected chi connectivity index (χ2v) is 3.77. The van der Waals surface area contributed by atoms with Gasteiger partial charge in [0.2, 0.25) is 0 Å². The van der Waals surface area contributed by atoms with Gasteiger partial charge in [0.15, 0.2) is 0 Å². The smallest absolute Gasteiger partial charge is 0.255 e. The first-order chi connectivity index (χ1) is 7.69. The van der Waals surface area contributed by atoms with Gasteiger partial charge in [-0.2, -0.15) is 0 Å². The van der Waals surface area contributed by atoms with Crippen LogP contribution in [0.4, 0.5) is 0 Å². The molecule has 1 aromatic rings. The summed E-state index contributed by atoms with van der Waals surface area (Å²) >= 11 is 0. The van der Waals surface area contributed by atoms with E-state index in [1.807, 2.05) is 26.0 Å². The number of aromatic nitrogens is 1. The molecule has 0 aliphatic carbocycles. The summed E-state index contributed by atoms with van der Waals surface area (Å²) in [6, 6.07) is 3.66. The van der Waals surface area contributed by atoms with Gasteiger partial charge in [-0.05, 0) is 25.5 Å². The Kier molecular flexibility index (Phi) is 4.92. The molecule has 0 bridgehead atoms. The molecule has 1 heterocycles. The largest absolute Gasteiger partial charge is 0.337 e. The standard InChI is InChI=1S/C12H19N3O/c1-3-7-15(8-6-13)12(16)11-5-4-10(2)14-9-11/h4-5,9H,3,6-8,13H2,1-2H3. The third kappa shape index (κ3) is 3.31. The molecule has 0 saturated carbocycles. The van der Waals surface area contributed by atoms with Crippen molar-refractivity contribution in [2.45, 2.75) is 20.3 Å². The quantitative estimate of drug-likeness (QED) is 0.812. The number of pyridine rings is 1. The predicted molar refractivity (Wildman–Crippen MR) is 64.2 cm³/mol. The fourth-order valence-electron chi connectivity index (χ4n) is 1.52. The third-order valence-electron chi connectivity index (χ3n) is 2.34. The van der Waals surface area contributed by atoms with Gasteiger partial charge in [-0.15, -0.1) is 0 Å². The summed E-state index contributed by atoms with van der Waals surface area (Å²) < 4.78 is 0. The zero-order chi connectivity index (χ0) is 12.0. The van der Waals surface area contributed by atoms with Crippen LogP contribution in [0.15, 0.2) is 18.3 Å². The second kappa shape index (κ2) is 6.23.